The Morgan fingerprint density at radius 3 is 2.84 bits per heavy atom. The van der Waals surface area contributed by atoms with Gasteiger partial charge in [0, 0.05) is 49.9 Å². The fraction of sp³-hybridized carbons (Fsp3) is 0.167. The summed E-state index contributed by atoms with van der Waals surface area (Å²) in [4.78, 5) is 9.34. The lowest BCUT2D eigenvalue weighted by Gasteiger charge is -2.17. The number of nitrogens with one attached hydrogen (secondary N) is 1. The summed E-state index contributed by atoms with van der Waals surface area (Å²) < 4.78 is 7.93. The summed E-state index contributed by atoms with van der Waals surface area (Å²) in [7, 11) is 1.83. The van der Waals surface area contributed by atoms with Gasteiger partial charge >= 0.3 is 0 Å². The van der Waals surface area contributed by atoms with E-state index in [1.807, 2.05) is 55.7 Å². The molecule has 2 aromatic carbocycles. The summed E-state index contributed by atoms with van der Waals surface area (Å²) >= 11 is 0. The predicted molar refractivity (Wildman–Crippen MR) is 116 cm³/mol. The SMILES string of the molecule is Cn1nc(-c2ccccc2)cc1Oc1cc(C#N)ccc1-c1ncc2c(n1)CCNC2. The van der Waals surface area contributed by atoms with Crippen LogP contribution in [0, 0.1) is 11.3 Å². The van der Waals surface area contributed by atoms with Gasteiger partial charge in [0.25, 0.3) is 0 Å². The van der Waals surface area contributed by atoms with Gasteiger partial charge in [-0.05, 0) is 18.2 Å². The van der Waals surface area contributed by atoms with E-state index in [-0.39, 0.29) is 0 Å². The molecule has 152 valence electrons. The van der Waals surface area contributed by atoms with E-state index in [0.717, 1.165) is 47.6 Å². The van der Waals surface area contributed by atoms with Gasteiger partial charge in [-0.1, -0.05) is 30.3 Å². The largest absolute Gasteiger partial charge is 0.438 e. The van der Waals surface area contributed by atoms with Gasteiger partial charge in [-0.2, -0.15) is 10.4 Å². The average molecular weight is 408 g/mol. The van der Waals surface area contributed by atoms with Crippen LogP contribution in [0.15, 0.2) is 60.8 Å². The third-order valence-corrected chi connectivity index (χ3v) is 5.28. The van der Waals surface area contributed by atoms with Crippen LogP contribution < -0.4 is 10.1 Å². The minimum absolute atomic E-state index is 0.506. The van der Waals surface area contributed by atoms with Crippen LogP contribution in [0.1, 0.15) is 16.8 Å². The molecule has 0 aliphatic carbocycles. The first-order valence-electron chi connectivity index (χ1n) is 10.1. The summed E-state index contributed by atoms with van der Waals surface area (Å²) in [6.45, 7) is 1.68. The number of ether oxygens (including phenoxy) is 1. The molecule has 1 aliphatic heterocycles. The van der Waals surface area contributed by atoms with Crippen molar-refractivity contribution in [2.24, 2.45) is 7.05 Å². The predicted octanol–water partition coefficient (Wildman–Crippen LogP) is 3.85. The molecule has 0 unspecified atom stereocenters. The number of hydrogen-bond acceptors (Lipinski definition) is 6. The molecule has 0 amide bonds. The molecule has 5 rings (SSSR count). The molecule has 4 aromatic rings. The zero-order chi connectivity index (χ0) is 21.2. The lowest BCUT2D eigenvalue weighted by molar-refractivity contribution is 0.432. The van der Waals surface area contributed by atoms with Crippen LogP contribution in [0.2, 0.25) is 0 Å². The first kappa shape index (κ1) is 19.0. The maximum absolute atomic E-state index is 9.39. The average Bonchev–Trinajstić information content (AvgIpc) is 3.19. The number of rotatable bonds is 4. The molecule has 0 spiro atoms. The van der Waals surface area contributed by atoms with Crippen molar-refractivity contribution in [1.29, 1.82) is 5.26 Å². The van der Waals surface area contributed by atoms with E-state index in [0.29, 0.717) is 23.0 Å². The number of aryl methyl sites for hydroxylation is 1. The minimum atomic E-state index is 0.506. The van der Waals surface area contributed by atoms with E-state index in [1.165, 1.54) is 0 Å². The van der Waals surface area contributed by atoms with Crippen LogP contribution in [0.4, 0.5) is 0 Å². The quantitative estimate of drug-likeness (QED) is 0.552. The summed E-state index contributed by atoms with van der Waals surface area (Å²) in [6, 6.07) is 19.3. The monoisotopic (exact) mass is 408 g/mol. The molecule has 7 nitrogen and oxygen atoms in total. The van der Waals surface area contributed by atoms with E-state index < -0.39 is 0 Å². The van der Waals surface area contributed by atoms with Crippen molar-refractivity contribution >= 4 is 0 Å². The molecular formula is C24H20N6O. The maximum atomic E-state index is 9.39. The third-order valence-electron chi connectivity index (χ3n) is 5.28. The van der Waals surface area contributed by atoms with Crippen molar-refractivity contribution in [3.63, 3.8) is 0 Å². The molecule has 1 N–H and O–H groups in total. The van der Waals surface area contributed by atoms with Gasteiger partial charge in [0.2, 0.25) is 5.88 Å². The number of benzene rings is 2. The highest BCUT2D eigenvalue weighted by Crippen LogP contribution is 2.34. The van der Waals surface area contributed by atoms with Gasteiger partial charge in [0.15, 0.2) is 5.82 Å². The second-order valence-corrected chi connectivity index (χ2v) is 7.37. The highest BCUT2D eigenvalue weighted by Gasteiger charge is 2.17. The lowest BCUT2D eigenvalue weighted by Crippen LogP contribution is -2.25. The number of aromatic nitrogens is 4. The van der Waals surface area contributed by atoms with Crippen LogP contribution in [-0.2, 0) is 20.0 Å². The van der Waals surface area contributed by atoms with Gasteiger partial charge in [-0.3, -0.25) is 0 Å². The highest BCUT2D eigenvalue weighted by molar-refractivity contribution is 5.67. The first-order valence-corrected chi connectivity index (χ1v) is 10.1. The van der Waals surface area contributed by atoms with Crippen LogP contribution in [0.25, 0.3) is 22.6 Å². The molecule has 0 saturated heterocycles. The molecule has 0 saturated carbocycles. The molecule has 7 heteroatoms. The van der Waals surface area contributed by atoms with E-state index in [9.17, 15) is 5.26 Å². The van der Waals surface area contributed by atoms with E-state index in [2.05, 4.69) is 21.5 Å². The molecule has 0 bridgehead atoms. The van der Waals surface area contributed by atoms with Gasteiger partial charge in [-0.15, -0.1) is 0 Å². The zero-order valence-corrected chi connectivity index (χ0v) is 17.0. The normalized spacial score (nSPS) is 12.8. The summed E-state index contributed by atoms with van der Waals surface area (Å²) in [5.41, 5.74) is 5.23. The van der Waals surface area contributed by atoms with Crippen LogP contribution in [0.3, 0.4) is 0 Å². The number of hydrogen-bond donors (Lipinski definition) is 1. The summed E-state index contributed by atoms with van der Waals surface area (Å²) in [5, 5.41) is 17.3. The van der Waals surface area contributed by atoms with Gasteiger partial charge in [-0.25, -0.2) is 14.6 Å². The molecule has 0 fully saturated rings. The first-order chi connectivity index (χ1) is 15.2. The fourth-order valence-electron chi connectivity index (χ4n) is 3.64. The Kier molecular flexibility index (Phi) is 4.90. The molecule has 2 aromatic heterocycles. The van der Waals surface area contributed by atoms with Crippen LogP contribution in [-0.4, -0.2) is 26.3 Å². The van der Waals surface area contributed by atoms with E-state index in [4.69, 9.17) is 9.72 Å². The highest BCUT2D eigenvalue weighted by atomic mass is 16.5. The molecule has 0 atom stereocenters. The standard InChI is InChI=1S/C24H20N6O/c1-30-23(12-21(29-30)17-5-3-2-4-6-17)31-22-11-16(13-25)7-8-19(22)24-27-15-18-14-26-10-9-20(18)28-24/h2-8,11-12,15,26H,9-10,14H2,1H3. The molecular weight excluding hydrogens is 388 g/mol. The molecule has 0 radical (unpaired) electrons. The Morgan fingerprint density at radius 1 is 1.13 bits per heavy atom. The summed E-state index contributed by atoms with van der Waals surface area (Å²) in [6.07, 6.45) is 2.73. The molecule has 1 aliphatic rings. The van der Waals surface area contributed by atoms with Crippen molar-refractivity contribution < 1.29 is 4.74 Å². The molecule has 3 heterocycles. The smallest absolute Gasteiger partial charge is 0.218 e. The Morgan fingerprint density at radius 2 is 2.00 bits per heavy atom. The van der Waals surface area contributed by atoms with E-state index >= 15 is 0 Å². The summed E-state index contributed by atoms with van der Waals surface area (Å²) in [5.74, 6) is 1.68. The Labute approximate surface area is 180 Å². The number of fused-ring (bicyclic) bond motifs is 1. The molecule has 31 heavy (non-hydrogen) atoms. The van der Waals surface area contributed by atoms with Gasteiger partial charge in [0.1, 0.15) is 5.75 Å². The van der Waals surface area contributed by atoms with Crippen molar-refractivity contribution in [3.05, 3.63) is 77.6 Å². The van der Waals surface area contributed by atoms with Crippen molar-refractivity contribution in [1.82, 2.24) is 25.1 Å². The second kappa shape index (κ2) is 8.01. The van der Waals surface area contributed by atoms with Crippen LogP contribution >= 0.6 is 0 Å². The lowest BCUT2D eigenvalue weighted by atomic mass is 10.1. The third kappa shape index (κ3) is 3.77. The number of nitrogens with zero attached hydrogens (tertiary/aromatic N) is 5. The number of nitriles is 1. The van der Waals surface area contributed by atoms with Crippen molar-refractivity contribution in [2.45, 2.75) is 13.0 Å². The maximum Gasteiger partial charge on any atom is 0.218 e. The topological polar surface area (TPSA) is 88.7 Å². The van der Waals surface area contributed by atoms with Crippen molar-refractivity contribution in [3.8, 4) is 40.3 Å². The second-order valence-electron chi connectivity index (χ2n) is 7.37. The Balaban J connectivity index is 1.54. The Bertz CT molecular complexity index is 1290. The zero-order valence-electron chi connectivity index (χ0n) is 17.0. The minimum Gasteiger partial charge on any atom is -0.438 e. The van der Waals surface area contributed by atoms with E-state index in [1.54, 1.807) is 16.8 Å². The van der Waals surface area contributed by atoms with Crippen molar-refractivity contribution in [2.75, 3.05) is 6.54 Å². The fourth-order valence-corrected chi connectivity index (χ4v) is 3.64. The van der Waals surface area contributed by atoms with Gasteiger partial charge in [0.05, 0.1) is 28.6 Å². The van der Waals surface area contributed by atoms with Crippen LogP contribution in [0.5, 0.6) is 11.6 Å². The Hall–Kier alpha value is -4.02. The van der Waals surface area contributed by atoms with Gasteiger partial charge < -0.3 is 10.1 Å².